The molecule has 36 heavy (non-hydrogen) atoms. The third-order valence-electron chi connectivity index (χ3n) is 6.41. The summed E-state index contributed by atoms with van der Waals surface area (Å²) >= 11 is 1.51. The highest BCUT2D eigenvalue weighted by atomic mass is 32.1. The molecule has 0 amide bonds. The van der Waals surface area contributed by atoms with E-state index in [0.717, 1.165) is 64.0 Å². The molecular weight excluding hydrogens is 476 g/mol. The van der Waals surface area contributed by atoms with Crippen molar-refractivity contribution in [1.29, 1.82) is 0 Å². The topological polar surface area (TPSA) is 111 Å². The van der Waals surface area contributed by atoms with Crippen molar-refractivity contribution in [2.45, 2.75) is 38.5 Å². The first kappa shape index (κ1) is 23.0. The summed E-state index contributed by atoms with van der Waals surface area (Å²) in [4.78, 5) is 15.3. The molecule has 0 bridgehead atoms. The maximum Gasteiger partial charge on any atom is 0.193 e. The van der Waals surface area contributed by atoms with Gasteiger partial charge < -0.3 is 14.9 Å². The quantitative estimate of drug-likeness (QED) is 0.354. The average molecular weight is 503 g/mol. The van der Waals surface area contributed by atoms with E-state index in [1.165, 1.54) is 11.3 Å². The first-order valence-corrected chi connectivity index (χ1v) is 12.8. The number of hydrogen-bond acceptors (Lipinski definition) is 8. The number of aliphatic hydroxyl groups is 2. The molecule has 2 atom stereocenters. The first-order valence-electron chi connectivity index (χ1n) is 12.0. The molecule has 184 valence electrons. The van der Waals surface area contributed by atoms with Gasteiger partial charge in [0.05, 0.1) is 18.0 Å². The number of aromatic nitrogens is 6. The number of imidazole rings is 1. The third-order valence-corrected chi connectivity index (χ3v) is 7.47. The molecule has 5 aromatic rings. The number of fused-ring (bicyclic) bond motifs is 1. The molecule has 0 radical (unpaired) electrons. The number of aryl methyl sites for hydroxylation is 1. The molecule has 2 unspecified atom stereocenters. The van der Waals surface area contributed by atoms with Crippen molar-refractivity contribution in [3.63, 3.8) is 0 Å². The van der Waals surface area contributed by atoms with Crippen LogP contribution in [-0.2, 0) is 4.74 Å². The fourth-order valence-corrected chi connectivity index (χ4v) is 5.67. The number of pyridine rings is 1. The highest BCUT2D eigenvalue weighted by molar-refractivity contribution is 7.18. The van der Waals surface area contributed by atoms with Gasteiger partial charge in [-0.2, -0.15) is 0 Å². The van der Waals surface area contributed by atoms with Gasteiger partial charge in [0.2, 0.25) is 0 Å². The molecule has 2 N–H and O–H groups in total. The Labute approximate surface area is 211 Å². The lowest BCUT2D eigenvalue weighted by Gasteiger charge is -2.21. The Hall–Kier alpha value is -3.44. The van der Waals surface area contributed by atoms with E-state index < -0.39 is 6.10 Å². The van der Waals surface area contributed by atoms with Gasteiger partial charge in [-0.15, -0.1) is 16.4 Å². The summed E-state index contributed by atoms with van der Waals surface area (Å²) in [6, 6.07) is 13.6. The fraction of sp³-hybridized carbons (Fsp3) is 0.308. The van der Waals surface area contributed by atoms with E-state index in [-0.39, 0.29) is 12.8 Å². The Kier molecular flexibility index (Phi) is 6.10. The number of aliphatic hydroxyl groups excluding tert-OH is 2. The van der Waals surface area contributed by atoms with Crippen LogP contribution in [0.15, 0.2) is 55.0 Å². The summed E-state index contributed by atoms with van der Waals surface area (Å²) in [6.45, 7) is 2.33. The maximum absolute atomic E-state index is 10.2. The predicted octanol–water partition coefficient (Wildman–Crippen LogP) is 4.42. The molecule has 1 aromatic carbocycles. The number of benzene rings is 1. The van der Waals surface area contributed by atoms with Crippen molar-refractivity contribution in [1.82, 2.24) is 29.1 Å². The summed E-state index contributed by atoms with van der Waals surface area (Å²) in [5, 5.41) is 25.2. The zero-order valence-electron chi connectivity index (χ0n) is 19.8. The van der Waals surface area contributed by atoms with Gasteiger partial charge in [-0.3, -0.25) is 4.40 Å². The summed E-state index contributed by atoms with van der Waals surface area (Å²) in [6.07, 6.45) is 5.59. The number of rotatable bonds is 6. The van der Waals surface area contributed by atoms with Gasteiger partial charge in [-0.25, -0.2) is 19.6 Å². The summed E-state index contributed by atoms with van der Waals surface area (Å²) in [5.74, 6) is 0.606. The summed E-state index contributed by atoms with van der Waals surface area (Å²) in [5.41, 5.74) is 4.78. The Bertz CT molecular complexity index is 1500. The van der Waals surface area contributed by atoms with Crippen molar-refractivity contribution in [2.24, 2.45) is 0 Å². The lowest BCUT2D eigenvalue weighted by Crippen LogP contribution is -2.18. The molecule has 0 aliphatic carbocycles. The minimum Gasteiger partial charge on any atom is -0.393 e. The van der Waals surface area contributed by atoms with Crippen LogP contribution >= 0.6 is 11.3 Å². The highest BCUT2D eigenvalue weighted by Gasteiger charge is 2.24. The second-order valence-corrected chi connectivity index (χ2v) is 9.87. The largest absolute Gasteiger partial charge is 0.393 e. The summed E-state index contributed by atoms with van der Waals surface area (Å²) in [7, 11) is 0. The molecule has 1 saturated heterocycles. The molecular formula is C26H26N6O3S. The summed E-state index contributed by atoms with van der Waals surface area (Å²) < 4.78 is 9.62. The van der Waals surface area contributed by atoms with Crippen LogP contribution in [0, 0.1) is 6.92 Å². The molecule has 5 heterocycles. The predicted molar refractivity (Wildman–Crippen MR) is 136 cm³/mol. The van der Waals surface area contributed by atoms with Crippen LogP contribution in [0.3, 0.4) is 0 Å². The number of thiazole rings is 1. The van der Waals surface area contributed by atoms with Crippen molar-refractivity contribution in [2.75, 3.05) is 13.2 Å². The van der Waals surface area contributed by atoms with E-state index in [0.29, 0.717) is 11.4 Å². The second kappa shape index (κ2) is 9.55. The highest BCUT2D eigenvalue weighted by Crippen LogP contribution is 2.40. The molecule has 0 spiro atoms. The van der Waals surface area contributed by atoms with E-state index in [9.17, 15) is 10.2 Å². The zero-order chi connectivity index (χ0) is 24.6. The Balaban J connectivity index is 1.49. The third kappa shape index (κ3) is 4.11. The molecule has 1 aliphatic heterocycles. The van der Waals surface area contributed by atoms with Crippen molar-refractivity contribution >= 4 is 17.0 Å². The van der Waals surface area contributed by atoms with Gasteiger partial charge in [0.25, 0.3) is 0 Å². The molecule has 0 saturated carbocycles. The number of hydrogen-bond donors (Lipinski definition) is 2. The molecule has 4 aromatic heterocycles. The van der Waals surface area contributed by atoms with Gasteiger partial charge in [-0.1, -0.05) is 36.4 Å². The lowest BCUT2D eigenvalue weighted by atomic mass is 10.1. The Morgan fingerprint density at radius 3 is 2.78 bits per heavy atom. The van der Waals surface area contributed by atoms with E-state index in [4.69, 9.17) is 19.8 Å². The lowest BCUT2D eigenvalue weighted by molar-refractivity contribution is -0.0395. The van der Waals surface area contributed by atoms with Crippen LogP contribution in [0.5, 0.6) is 0 Å². The molecule has 1 fully saturated rings. The van der Waals surface area contributed by atoms with Crippen molar-refractivity contribution in [3.8, 4) is 32.7 Å². The second-order valence-electron chi connectivity index (χ2n) is 8.87. The number of ether oxygens (including phenoxy) is 1. The van der Waals surface area contributed by atoms with Crippen molar-refractivity contribution in [3.05, 3.63) is 66.2 Å². The van der Waals surface area contributed by atoms with Crippen LogP contribution in [0.25, 0.3) is 38.3 Å². The smallest absolute Gasteiger partial charge is 0.193 e. The minimum absolute atomic E-state index is 0.0926. The Morgan fingerprint density at radius 1 is 1.14 bits per heavy atom. The van der Waals surface area contributed by atoms with Crippen LogP contribution in [0.2, 0.25) is 0 Å². The SMILES string of the molecule is Cc1nc2ccc(C(O)CO)cn2c1-c1nc(-c2ccccc2)c(-c2ncn(C3CCCCO3)n2)s1. The van der Waals surface area contributed by atoms with Crippen LogP contribution in [0.4, 0.5) is 0 Å². The van der Waals surface area contributed by atoms with Crippen LogP contribution in [-0.4, -0.2) is 52.6 Å². The van der Waals surface area contributed by atoms with Gasteiger partial charge >= 0.3 is 0 Å². The molecule has 6 rings (SSSR count). The van der Waals surface area contributed by atoms with E-state index >= 15 is 0 Å². The average Bonchev–Trinajstić information content (AvgIpc) is 3.65. The Morgan fingerprint density at radius 2 is 2.00 bits per heavy atom. The van der Waals surface area contributed by atoms with Gasteiger partial charge in [0.1, 0.15) is 33.7 Å². The monoisotopic (exact) mass is 502 g/mol. The molecule has 1 aliphatic rings. The fourth-order valence-electron chi connectivity index (χ4n) is 4.55. The van der Waals surface area contributed by atoms with Gasteiger partial charge in [-0.05, 0) is 37.8 Å². The van der Waals surface area contributed by atoms with Gasteiger partial charge in [0, 0.05) is 18.4 Å². The van der Waals surface area contributed by atoms with Gasteiger partial charge in [0.15, 0.2) is 12.1 Å². The van der Waals surface area contributed by atoms with E-state index in [1.807, 2.05) is 58.6 Å². The van der Waals surface area contributed by atoms with Crippen molar-refractivity contribution < 1.29 is 14.9 Å². The van der Waals surface area contributed by atoms with Crippen LogP contribution < -0.4 is 0 Å². The molecule has 9 nitrogen and oxygen atoms in total. The van der Waals surface area contributed by atoms with E-state index in [2.05, 4.69) is 4.98 Å². The minimum atomic E-state index is -0.966. The first-order chi connectivity index (χ1) is 17.6. The van der Waals surface area contributed by atoms with Crippen LogP contribution in [0.1, 0.15) is 42.9 Å². The molecule has 10 heteroatoms. The normalized spacial score (nSPS) is 17.0. The zero-order valence-corrected chi connectivity index (χ0v) is 20.6. The maximum atomic E-state index is 10.2. The number of nitrogens with zero attached hydrogens (tertiary/aromatic N) is 6. The standard InChI is InChI=1S/C26H26N6O3S/c1-16-23(31-13-18(19(34)14-33)10-11-20(31)28-16)26-29-22(17-7-3-2-4-8-17)24(36-26)25-27-15-32(30-25)21-9-5-6-12-35-21/h2-4,7-8,10-11,13,15,19,21,33-34H,5-6,9,12,14H2,1H3. The van der Waals surface area contributed by atoms with E-state index in [1.54, 1.807) is 12.4 Å².